The van der Waals surface area contributed by atoms with Crippen molar-refractivity contribution in [1.29, 1.82) is 0 Å². The maximum Gasteiger partial charge on any atom is 0.326 e. The average Bonchev–Trinajstić information content (AvgIpc) is 3.13. The van der Waals surface area contributed by atoms with Crippen LogP contribution in [-0.4, -0.2) is 21.6 Å². The molecule has 1 aromatic heterocycles. The minimum Gasteiger partial charge on any atom is -0.480 e. The average molecular weight is 464 g/mol. The van der Waals surface area contributed by atoms with E-state index in [4.69, 9.17) is 0 Å². The summed E-state index contributed by atoms with van der Waals surface area (Å²) in [5.74, 6) is -1.74. The minimum absolute atomic E-state index is 0.320. The van der Waals surface area contributed by atoms with Crippen molar-refractivity contribution in [3.8, 4) is 0 Å². The number of hydrogen-bond acceptors (Lipinski definition) is 4. The van der Waals surface area contributed by atoms with Gasteiger partial charge in [-0.15, -0.1) is 0 Å². The predicted molar refractivity (Wildman–Crippen MR) is 128 cm³/mol. The van der Waals surface area contributed by atoms with Gasteiger partial charge in [-0.3, -0.25) is 4.79 Å². The fourth-order valence-electron chi connectivity index (χ4n) is 3.52. The third-order valence-corrected chi connectivity index (χ3v) is 6.26. The van der Waals surface area contributed by atoms with E-state index in [0.717, 1.165) is 21.6 Å². The molecule has 33 heavy (non-hydrogen) atoms. The highest BCUT2D eigenvalue weighted by molar-refractivity contribution is 7.16. The first-order valence-corrected chi connectivity index (χ1v) is 11.2. The number of hydrogen-bond donors (Lipinski definition) is 2. The molecule has 1 unspecified atom stereocenters. The number of aromatic nitrogens is 1. The molecular weight excluding hydrogens is 441 g/mol. The summed E-state index contributed by atoms with van der Waals surface area (Å²) in [6.07, 6.45) is 0.336. The SMILES string of the molecule is CCC(C(=O)O)n1/c(=N/C(=O)c2ccc(C)cc2)sc2cc(Nc3ccc(F)cc3)ccc21. The molecule has 0 aliphatic rings. The standard InChI is InChI=1S/C25H22FN3O3S/c1-3-20(24(31)32)29-21-13-12-19(27-18-10-8-17(26)9-11-18)14-22(21)33-25(29)28-23(30)16-6-4-15(2)5-7-16/h4-14,20,27H,3H2,1-2H3,(H,31,32)/b28-25-. The van der Waals surface area contributed by atoms with Gasteiger partial charge in [0.05, 0.1) is 10.2 Å². The zero-order valence-electron chi connectivity index (χ0n) is 18.1. The van der Waals surface area contributed by atoms with Crippen molar-refractivity contribution in [2.24, 2.45) is 4.99 Å². The highest BCUT2D eigenvalue weighted by Gasteiger charge is 2.22. The van der Waals surface area contributed by atoms with Crippen LogP contribution in [0.5, 0.6) is 0 Å². The number of nitrogens with one attached hydrogen (secondary N) is 1. The molecule has 1 atom stereocenters. The van der Waals surface area contributed by atoms with Crippen LogP contribution in [0.1, 0.15) is 35.3 Å². The molecule has 0 aliphatic heterocycles. The Morgan fingerprint density at radius 2 is 1.73 bits per heavy atom. The highest BCUT2D eigenvalue weighted by atomic mass is 32.1. The van der Waals surface area contributed by atoms with E-state index in [9.17, 15) is 19.1 Å². The summed E-state index contributed by atoms with van der Waals surface area (Å²) in [4.78, 5) is 29.4. The lowest BCUT2D eigenvalue weighted by Gasteiger charge is -2.14. The maximum absolute atomic E-state index is 13.2. The predicted octanol–water partition coefficient (Wildman–Crippen LogP) is 5.67. The van der Waals surface area contributed by atoms with Crippen molar-refractivity contribution >= 4 is 44.8 Å². The normalized spacial score (nSPS) is 12.6. The van der Waals surface area contributed by atoms with E-state index in [2.05, 4.69) is 10.3 Å². The molecule has 0 radical (unpaired) electrons. The van der Waals surface area contributed by atoms with Gasteiger partial charge in [0.25, 0.3) is 5.91 Å². The fraction of sp³-hybridized carbons (Fsp3) is 0.160. The molecule has 1 heterocycles. The number of anilines is 2. The van der Waals surface area contributed by atoms with Gasteiger partial charge in [0.15, 0.2) is 4.80 Å². The van der Waals surface area contributed by atoms with Crippen molar-refractivity contribution in [2.75, 3.05) is 5.32 Å². The van der Waals surface area contributed by atoms with Crippen LogP contribution in [0.2, 0.25) is 0 Å². The zero-order valence-corrected chi connectivity index (χ0v) is 18.9. The van der Waals surface area contributed by atoms with E-state index in [0.29, 0.717) is 22.3 Å². The van der Waals surface area contributed by atoms with Crippen molar-refractivity contribution < 1.29 is 19.1 Å². The third kappa shape index (κ3) is 4.85. The molecule has 0 aliphatic carbocycles. The van der Waals surface area contributed by atoms with E-state index in [1.54, 1.807) is 41.8 Å². The Balaban J connectivity index is 1.81. The molecule has 4 rings (SSSR count). The molecule has 6 nitrogen and oxygen atoms in total. The van der Waals surface area contributed by atoms with Crippen molar-refractivity contribution in [3.63, 3.8) is 0 Å². The van der Waals surface area contributed by atoms with Crippen molar-refractivity contribution in [3.05, 3.63) is 88.5 Å². The lowest BCUT2D eigenvalue weighted by Crippen LogP contribution is -2.27. The second kappa shape index (κ2) is 9.38. The molecule has 0 bridgehead atoms. The van der Waals surface area contributed by atoms with E-state index in [-0.39, 0.29) is 5.82 Å². The maximum atomic E-state index is 13.2. The number of thiazole rings is 1. The van der Waals surface area contributed by atoms with Gasteiger partial charge in [0.2, 0.25) is 0 Å². The van der Waals surface area contributed by atoms with Gasteiger partial charge in [-0.25, -0.2) is 9.18 Å². The summed E-state index contributed by atoms with van der Waals surface area (Å²) < 4.78 is 15.6. The lowest BCUT2D eigenvalue weighted by molar-refractivity contribution is -0.140. The number of amides is 1. The van der Waals surface area contributed by atoms with Crippen LogP contribution in [0.4, 0.5) is 15.8 Å². The largest absolute Gasteiger partial charge is 0.480 e. The summed E-state index contributed by atoms with van der Waals surface area (Å²) in [6, 6.07) is 17.7. The summed E-state index contributed by atoms with van der Waals surface area (Å²) in [5.41, 5.74) is 3.61. The van der Waals surface area contributed by atoms with Gasteiger partial charge < -0.3 is 15.0 Å². The second-order valence-corrected chi connectivity index (χ2v) is 8.62. The Kier molecular flexibility index (Phi) is 6.37. The van der Waals surface area contributed by atoms with Crippen LogP contribution in [0.3, 0.4) is 0 Å². The van der Waals surface area contributed by atoms with Crippen molar-refractivity contribution in [1.82, 2.24) is 4.57 Å². The Hall–Kier alpha value is -3.78. The van der Waals surface area contributed by atoms with E-state index >= 15 is 0 Å². The number of aryl methyl sites for hydroxylation is 1. The van der Waals surface area contributed by atoms with Gasteiger partial charge in [-0.05, 0) is 67.9 Å². The van der Waals surface area contributed by atoms with Crippen LogP contribution >= 0.6 is 11.3 Å². The van der Waals surface area contributed by atoms with E-state index in [1.165, 1.54) is 23.5 Å². The number of carbonyl (C=O) groups excluding carboxylic acids is 1. The minimum atomic E-state index is -0.991. The fourth-order valence-corrected chi connectivity index (χ4v) is 4.62. The van der Waals surface area contributed by atoms with Gasteiger partial charge in [-0.2, -0.15) is 4.99 Å². The van der Waals surface area contributed by atoms with E-state index < -0.39 is 17.9 Å². The first-order chi connectivity index (χ1) is 15.9. The summed E-state index contributed by atoms with van der Waals surface area (Å²) in [6.45, 7) is 3.72. The lowest BCUT2D eigenvalue weighted by atomic mass is 10.1. The molecule has 0 spiro atoms. The monoisotopic (exact) mass is 463 g/mol. The summed E-state index contributed by atoms with van der Waals surface area (Å²) >= 11 is 1.25. The van der Waals surface area contributed by atoms with Crippen LogP contribution in [0.25, 0.3) is 10.2 Å². The van der Waals surface area contributed by atoms with Gasteiger partial charge in [0, 0.05) is 16.9 Å². The number of carboxylic acid groups (broad SMARTS) is 1. The Bertz CT molecular complexity index is 1390. The Morgan fingerprint density at radius 3 is 2.36 bits per heavy atom. The molecule has 168 valence electrons. The number of nitrogens with zero attached hydrogens (tertiary/aromatic N) is 2. The number of aliphatic carboxylic acids is 1. The molecule has 0 saturated carbocycles. The Morgan fingerprint density at radius 1 is 1.06 bits per heavy atom. The topological polar surface area (TPSA) is 83.7 Å². The van der Waals surface area contributed by atoms with E-state index in [1.807, 2.05) is 31.2 Å². The van der Waals surface area contributed by atoms with Crippen LogP contribution in [0.15, 0.2) is 71.7 Å². The van der Waals surface area contributed by atoms with Crippen LogP contribution in [-0.2, 0) is 4.79 Å². The van der Waals surface area contributed by atoms with Crippen LogP contribution in [0, 0.1) is 12.7 Å². The molecule has 0 fully saturated rings. The Labute approximate surface area is 193 Å². The van der Waals surface area contributed by atoms with Crippen LogP contribution < -0.4 is 10.1 Å². The number of rotatable bonds is 6. The molecule has 1 amide bonds. The highest BCUT2D eigenvalue weighted by Crippen LogP contribution is 2.27. The summed E-state index contributed by atoms with van der Waals surface area (Å²) in [7, 11) is 0. The van der Waals surface area contributed by atoms with Gasteiger partial charge in [0.1, 0.15) is 11.9 Å². The number of carboxylic acids is 1. The first-order valence-electron chi connectivity index (χ1n) is 10.4. The number of benzene rings is 3. The second-order valence-electron chi connectivity index (χ2n) is 7.61. The number of fused-ring (bicyclic) bond motifs is 1. The van der Waals surface area contributed by atoms with Gasteiger partial charge in [-0.1, -0.05) is 36.0 Å². The summed E-state index contributed by atoms with van der Waals surface area (Å²) in [5, 5.41) is 13.0. The molecule has 8 heteroatoms. The van der Waals surface area contributed by atoms with Gasteiger partial charge >= 0.3 is 5.97 Å². The number of halogens is 1. The molecule has 2 N–H and O–H groups in total. The smallest absolute Gasteiger partial charge is 0.326 e. The van der Waals surface area contributed by atoms with Crippen molar-refractivity contribution in [2.45, 2.75) is 26.3 Å². The number of carbonyl (C=O) groups is 2. The molecule has 3 aromatic carbocycles. The first kappa shape index (κ1) is 22.4. The third-order valence-electron chi connectivity index (χ3n) is 5.24. The molecule has 0 saturated heterocycles. The molecular formula is C25H22FN3O3S. The zero-order chi connectivity index (χ0) is 23.5. The molecule has 4 aromatic rings. The quantitative estimate of drug-likeness (QED) is 0.386.